The predicted octanol–water partition coefficient (Wildman–Crippen LogP) is 1.81. The molecule has 0 aliphatic carbocycles. The number of nitrogen functional groups attached to an aromatic ring is 1. The third-order valence-corrected chi connectivity index (χ3v) is 4.30. The average Bonchev–Trinajstić information content (AvgIpc) is 2.76. The van der Waals surface area contributed by atoms with Crippen LogP contribution >= 0.6 is 0 Å². The Kier molecular flexibility index (Phi) is 9.03. The van der Waals surface area contributed by atoms with Crippen LogP contribution in [0.15, 0.2) is 48.5 Å². The summed E-state index contributed by atoms with van der Waals surface area (Å²) in [4.78, 5) is 46.5. The molecule has 0 bridgehead atoms. The van der Waals surface area contributed by atoms with E-state index in [4.69, 9.17) is 15.2 Å². The zero-order valence-corrected chi connectivity index (χ0v) is 17.8. The number of carbonyl (C=O) groups excluding carboxylic acids is 4. The Hall–Kier alpha value is -4.08. The quantitative estimate of drug-likeness (QED) is 0.190. The summed E-state index contributed by atoms with van der Waals surface area (Å²) >= 11 is 0. The minimum absolute atomic E-state index is 0.0155. The second kappa shape index (κ2) is 11.9. The van der Waals surface area contributed by atoms with Gasteiger partial charge in [0.05, 0.1) is 6.54 Å². The number of nitrogens with one attached hydrogen (secondary N) is 3. The number of ether oxygens (including phenoxy) is 2. The number of carbonyl (C=O) groups is 4. The van der Waals surface area contributed by atoms with Crippen LogP contribution in [0.2, 0.25) is 0 Å². The zero-order valence-electron chi connectivity index (χ0n) is 17.8. The standard InChI is InChI=1S/C22H26N4O6/c1-14(2)20(25-13-27)21(29)24-11-19(28)26-17-7-3-15(4-8-17)12-31-22(30)32-18-9-5-16(23)6-10-18/h3-10,13-14,20H,11-12,23H2,1-2H3,(H,24,29)(H,25,27)(H,26,28). The summed E-state index contributed by atoms with van der Waals surface area (Å²) in [5.41, 5.74) is 7.31. The number of hydrogen-bond donors (Lipinski definition) is 4. The van der Waals surface area contributed by atoms with Gasteiger partial charge in [-0.15, -0.1) is 0 Å². The summed E-state index contributed by atoms with van der Waals surface area (Å²) in [6, 6.07) is 12.2. The summed E-state index contributed by atoms with van der Waals surface area (Å²) in [6.45, 7) is 3.30. The van der Waals surface area contributed by atoms with Crippen LogP contribution in [-0.4, -0.2) is 37.0 Å². The molecule has 2 aromatic carbocycles. The van der Waals surface area contributed by atoms with Crippen molar-refractivity contribution < 1.29 is 28.7 Å². The van der Waals surface area contributed by atoms with E-state index in [1.807, 2.05) is 0 Å². The fourth-order valence-corrected chi connectivity index (χ4v) is 2.61. The van der Waals surface area contributed by atoms with E-state index in [1.165, 1.54) is 0 Å². The maximum absolute atomic E-state index is 12.1. The first-order chi connectivity index (χ1) is 15.3. The van der Waals surface area contributed by atoms with Gasteiger partial charge in [-0.3, -0.25) is 14.4 Å². The summed E-state index contributed by atoms with van der Waals surface area (Å²) < 4.78 is 10.1. The SMILES string of the molecule is CC(C)C(NC=O)C(=O)NCC(=O)Nc1ccc(COC(=O)Oc2ccc(N)cc2)cc1. The maximum atomic E-state index is 12.1. The van der Waals surface area contributed by atoms with Gasteiger partial charge >= 0.3 is 6.16 Å². The molecule has 0 aromatic heterocycles. The monoisotopic (exact) mass is 442 g/mol. The van der Waals surface area contributed by atoms with Crippen molar-refractivity contribution in [1.29, 1.82) is 0 Å². The van der Waals surface area contributed by atoms with Crippen molar-refractivity contribution in [3.05, 3.63) is 54.1 Å². The van der Waals surface area contributed by atoms with Crippen molar-refractivity contribution in [3.63, 3.8) is 0 Å². The van der Waals surface area contributed by atoms with Crippen LogP contribution < -0.4 is 26.4 Å². The number of amides is 3. The van der Waals surface area contributed by atoms with Crippen molar-refractivity contribution in [2.45, 2.75) is 26.5 Å². The lowest BCUT2D eigenvalue weighted by Crippen LogP contribution is -2.48. The van der Waals surface area contributed by atoms with Crippen LogP contribution in [0.25, 0.3) is 0 Å². The molecule has 32 heavy (non-hydrogen) atoms. The molecule has 0 fully saturated rings. The van der Waals surface area contributed by atoms with Crippen LogP contribution in [0, 0.1) is 5.92 Å². The molecule has 0 aliphatic rings. The molecular formula is C22H26N4O6. The van der Waals surface area contributed by atoms with Crippen molar-refractivity contribution in [2.24, 2.45) is 5.92 Å². The zero-order chi connectivity index (χ0) is 23.5. The lowest BCUT2D eigenvalue weighted by molar-refractivity contribution is -0.128. The van der Waals surface area contributed by atoms with Gasteiger partial charge in [-0.1, -0.05) is 26.0 Å². The molecule has 2 rings (SSSR count). The van der Waals surface area contributed by atoms with Crippen molar-refractivity contribution in [2.75, 3.05) is 17.6 Å². The second-order valence-corrected chi connectivity index (χ2v) is 7.18. The molecule has 0 aliphatic heterocycles. The van der Waals surface area contributed by atoms with Crippen molar-refractivity contribution >= 4 is 35.8 Å². The summed E-state index contributed by atoms with van der Waals surface area (Å²) in [7, 11) is 0. The molecular weight excluding hydrogens is 416 g/mol. The van der Waals surface area contributed by atoms with Crippen LogP contribution in [0.3, 0.4) is 0 Å². The molecule has 0 radical (unpaired) electrons. The minimum atomic E-state index is -0.855. The molecule has 0 saturated heterocycles. The molecule has 3 amide bonds. The molecule has 1 atom stereocenters. The van der Waals surface area contributed by atoms with Gasteiger partial charge in [0.15, 0.2) is 0 Å². The lowest BCUT2D eigenvalue weighted by Gasteiger charge is -2.19. The summed E-state index contributed by atoms with van der Waals surface area (Å²) in [5.74, 6) is -0.679. The molecule has 5 N–H and O–H groups in total. The molecule has 0 saturated carbocycles. The fraction of sp³-hybridized carbons (Fsp3) is 0.273. The van der Waals surface area contributed by atoms with Gasteiger partial charge in [0, 0.05) is 11.4 Å². The first-order valence-electron chi connectivity index (χ1n) is 9.85. The Labute approximate surface area is 185 Å². The molecule has 0 heterocycles. The van der Waals surface area contributed by atoms with E-state index in [-0.39, 0.29) is 19.1 Å². The molecule has 10 nitrogen and oxygen atoms in total. The number of benzene rings is 2. The highest BCUT2D eigenvalue weighted by atomic mass is 16.7. The number of rotatable bonds is 10. The third kappa shape index (κ3) is 7.98. The first kappa shape index (κ1) is 24.2. The van der Waals surface area contributed by atoms with Crippen LogP contribution in [0.5, 0.6) is 5.75 Å². The highest BCUT2D eigenvalue weighted by Gasteiger charge is 2.21. The van der Waals surface area contributed by atoms with Gasteiger partial charge in [-0.05, 0) is 47.9 Å². The summed E-state index contributed by atoms with van der Waals surface area (Å²) in [5, 5.41) is 7.55. The fourth-order valence-electron chi connectivity index (χ4n) is 2.61. The average molecular weight is 442 g/mol. The van der Waals surface area contributed by atoms with Gasteiger partial charge in [0.2, 0.25) is 18.2 Å². The van der Waals surface area contributed by atoms with E-state index in [2.05, 4.69) is 16.0 Å². The Morgan fingerprint density at radius 1 is 1.03 bits per heavy atom. The Morgan fingerprint density at radius 3 is 2.28 bits per heavy atom. The largest absolute Gasteiger partial charge is 0.514 e. The predicted molar refractivity (Wildman–Crippen MR) is 118 cm³/mol. The van der Waals surface area contributed by atoms with E-state index in [9.17, 15) is 19.2 Å². The minimum Gasteiger partial charge on any atom is -0.429 e. The molecule has 10 heteroatoms. The van der Waals surface area contributed by atoms with Crippen molar-refractivity contribution in [1.82, 2.24) is 10.6 Å². The van der Waals surface area contributed by atoms with E-state index >= 15 is 0 Å². The third-order valence-electron chi connectivity index (χ3n) is 4.30. The molecule has 170 valence electrons. The normalized spacial score (nSPS) is 11.2. The maximum Gasteiger partial charge on any atom is 0.514 e. The second-order valence-electron chi connectivity index (χ2n) is 7.18. The Balaban J connectivity index is 1.76. The van der Waals surface area contributed by atoms with Gasteiger partial charge in [0.25, 0.3) is 0 Å². The number of anilines is 2. The van der Waals surface area contributed by atoms with Gasteiger partial charge in [0.1, 0.15) is 18.4 Å². The van der Waals surface area contributed by atoms with E-state index in [0.29, 0.717) is 29.1 Å². The van der Waals surface area contributed by atoms with Gasteiger partial charge in [-0.25, -0.2) is 4.79 Å². The van der Waals surface area contributed by atoms with E-state index in [0.717, 1.165) is 0 Å². The molecule has 2 aromatic rings. The van der Waals surface area contributed by atoms with E-state index < -0.39 is 24.0 Å². The Morgan fingerprint density at radius 2 is 1.69 bits per heavy atom. The summed E-state index contributed by atoms with van der Waals surface area (Å²) in [6.07, 6.45) is -0.403. The van der Waals surface area contributed by atoms with Crippen LogP contribution in [-0.2, 0) is 25.7 Å². The van der Waals surface area contributed by atoms with Crippen LogP contribution in [0.1, 0.15) is 19.4 Å². The Bertz CT molecular complexity index is 928. The number of nitrogens with two attached hydrogens (primary N) is 1. The van der Waals surface area contributed by atoms with Gasteiger partial charge < -0.3 is 31.2 Å². The highest BCUT2D eigenvalue weighted by molar-refractivity contribution is 5.95. The lowest BCUT2D eigenvalue weighted by atomic mass is 10.0. The molecule has 1 unspecified atom stereocenters. The smallest absolute Gasteiger partial charge is 0.429 e. The van der Waals surface area contributed by atoms with Crippen LogP contribution in [0.4, 0.5) is 16.2 Å². The van der Waals surface area contributed by atoms with Crippen molar-refractivity contribution in [3.8, 4) is 5.75 Å². The molecule has 0 spiro atoms. The number of hydrogen-bond acceptors (Lipinski definition) is 7. The topological polar surface area (TPSA) is 149 Å². The van der Waals surface area contributed by atoms with Gasteiger partial charge in [-0.2, -0.15) is 0 Å². The van der Waals surface area contributed by atoms with E-state index in [1.54, 1.807) is 62.4 Å². The first-order valence-corrected chi connectivity index (χ1v) is 9.85. The highest BCUT2D eigenvalue weighted by Crippen LogP contribution is 2.15.